The summed E-state index contributed by atoms with van der Waals surface area (Å²) < 4.78 is 28.7. The minimum Gasteiger partial charge on any atom is -0.365 e. The molecule has 2 amide bonds. The fourth-order valence-electron chi connectivity index (χ4n) is 4.72. The molecule has 1 aliphatic rings. The van der Waals surface area contributed by atoms with Crippen molar-refractivity contribution in [2.75, 3.05) is 24.5 Å². The predicted molar refractivity (Wildman–Crippen MR) is 132 cm³/mol. The lowest BCUT2D eigenvalue weighted by atomic mass is 10.1. The van der Waals surface area contributed by atoms with Crippen molar-refractivity contribution in [1.29, 1.82) is 0 Å². The number of primary amides is 1. The van der Waals surface area contributed by atoms with Crippen LogP contribution in [0, 0.1) is 13.8 Å². The summed E-state index contributed by atoms with van der Waals surface area (Å²) in [6.07, 6.45) is 2.74. The molecule has 0 unspecified atom stereocenters. The molecule has 0 atom stereocenters. The standard InChI is InChI=1S/C24H30N6O4S/c1-5-28(6-2)35(33,34)18-7-9-21-17(13-18)11-12-29(21)22(31)10-8-19-15(3)27-24-20(23(25)32)14-26-30(24)16(19)4/h7,9,13-14H,5-6,8,10-12H2,1-4H3,(H2,25,32). The molecule has 10 nitrogen and oxygen atoms in total. The quantitative estimate of drug-likeness (QED) is 0.505. The molecule has 186 valence electrons. The Hall–Kier alpha value is -3.31. The van der Waals surface area contributed by atoms with Gasteiger partial charge >= 0.3 is 0 Å². The molecule has 1 aliphatic heterocycles. The summed E-state index contributed by atoms with van der Waals surface area (Å²) >= 11 is 0. The van der Waals surface area contributed by atoms with Gasteiger partial charge in [-0.1, -0.05) is 13.8 Å². The summed E-state index contributed by atoms with van der Waals surface area (Å²) in [7, 11) is -3.55. The van der Waals surface area contributed by atoms with Crippen molar-refractivity contribution in [1.82, 2.24) is 18.9 Å². The third kappa shape index (κ3) is 4.30. The van der Waals surface area contributed by atoms with Crippen LogP contribution in [0.15, 0.2) is 29.3 Å². The number of nitrogens with zero attached hydrogens (tertiary/aromatic N) is 5. The van der Waals surface area contributed by atoms with E-state index in [4.69, 9.17) is 5.73 Å². The van der Waals surface area contributed by atoms with Crippen molar-refractivity contribution < 1.29 is 18.0 Å². The molecule has 0 aliphatic carbocycles. The summed E-state index contributed by atoms with van der Waals surface area (Å²) in [4.78, 5) is 31.3. The van der Waals surface area contributed by atoms with Crippen molar-refractivity contribution >= 4 is 33.2 Å². The number of anilines is 1. The monoisotopic (exact) mass is 498 g/mol. The van der Waals surface area contributed by atoms with Gasteiger partial charge < -0.3 is 10.6 Å². The molecule has 1 aromatic carbocycles. The van der Waals surface area contributed by atoms with Crippen molar-refractivity contribution in [2.24, 2.45) is 5.73 Å². The van der Waals surface area contributed by atoms with Crippen LogP contribution in [-0.2, 0) is 27.7 Å². The number of nitrogens with two attached hydrogens (primary N) is 1. The van der Waals surface area contributed by atoms with Crippen LogP contribution in [0.1, 0.15) is 53.1 Å². The van der Waals surface area contributed by atoms with Gasteiger partial charge in [0.15, 0.2) is 5.65 Å². The Labute approximate surface area is 204 Å². The molecule has 11 heteroatoms. The Bertz CT molecular complexity index is 1430. The number of carbonyl (C=O) groups excluding carboxylic acids is 2. The van der Waals surface area contributed by atoms with Crippen LogP contribution in [0.2, 0.25) is 0 Å². The van der Waals surface area contributed by atoms with E-state index < -0.39 is 15.9 Å². The van der Waals surface area contributed by atoms with Crippen molar-refractivity contribution in [3.8, 4) is 0 Å². The summed E-state index contributed by atoms with van der Waals surface area (Å²) in [6.45, 7) is 8.67. The van der Waals surface area contributed by atoms with Gasteiger partial charge in [-0.15, -0.1) is 0 Å². The maximum absolute atomic E-state index is 13.1. The Morgan fingerprint density at radius 2 is 1.89 bits per heavy atom. The number of amides is 2. The molecule has 0 spiro atoms. The van der Waals surface area contributed by atoms with Crippen molar-refractivity contribution in [2.45, 2.75) is 51.9 Å². The van der Waals surface area contributed by atoms with Gasteiger partial charge in [-0.25, -0.2) is 17.9 Å². The topological polar surface area (TPSA) is 131 Å². The zero-order chi connectivity index (χ0) is 25.5. The Morgan fingerprint density at radius 1 is 1.17 bits per heavy atom. The first-order chi connectivity index (χ1) is 16.6. The SMILES string of the molecule is CCN(CC)S(=O)(=O)c1ccc2c(c1)CCN2C(=O)CCc1c(C)nc2c(C(N)=O)cnn2c1C. The predicted octanol–water partition coefficient (Wildman–Crippen LogP) is 2.00. The van der Waals surface area contributed by atoms with Crippen LogP contribution in [0.25, 0.3) is 5.65 Å². The lowest BCUT2D eigenvalue weighted by Crippen LogP contribution is -2.31. The molecule has 0 radical (unpaired) electrons. The number of hydrogen-bond donors (Lipinski definition) is 1. The molecular weight excluding hydrogens is 468 g/mol. The summed E-state index contributed by atoms with van der Waals surface area (Å²) in [5.74, 6) is -0.629. The average Bonchev–Trinajstić information content (AvgIpc) is 3.43. The molecule has 2 N–H and O–H groups in total. The van der Waals surface area contributed by atoms with Crippen LogP contribution >= 0.6 is 0 Å². The lowest BCUT2D eigenvalue weighted by Gasteiger charge is -2.20. The number of hydrogen-bond acceptors (Lipinski definition) is 6. The van der Waals surface area contributed by atoms with Gasteiger partial charge in [-0.05, 0) is 56.0 Å². The first kappa shape index (κ1) is 24.8. The van der Waals surface area contributed by atoms with E-state index in [9.17, 15) is 18.0 Å². The number of benzene rings is 1. The van der Waals surface area contributed by atoms with Gasteiger partial charge in [0, 0.05) is 43.1 Å². The van der Waals surface area contributed by atoms with E-state index in [1.165, 1.54) is 10.5 Å². The number of aryl methyl sites for hydroxylation is 2. The van der Waals surface area contributed by atoms with Crippen molar-refractivity contribution in [3.05, 3.63) is 52.5 Å². The van der Waals surface area contributed by atoms with Crippen molar-refractivity contribution in [3.63, 3.8) is 0 Å². The smallest absolute Gasteiger partial charge is 0.254 e. The number of rotatable bonds is 8. The van der Waals surface area contributed by atoms with E-state index in [1.54, 1.807) is 27.6 Å². The van der Waals surface area contributed by atoms with E-state index in [0.29, 0.717) is 38.1 Å². The van der Waals surface area contributed by atoms with Crippen LogP contribution in [0.3, 0.4) is 0 Å². The highest BCUT2D eigenvalue weighted by atomic mass is 32.2. The highest BCUT2D eigenvalue weighted by Gasteiger charge is 2.28. The van der Waals surface area contributed by atoms with E-state index in [1.807, 2.05) is 27.7 Å². The molecular formula is C24H30N6O4S. The normalized spacial score (nSPS) is 13.6. The first-order valence-electron chi connectivity index (χ1n) is 11.7. The van der Waals surface area contributed by atoms with Crippen LogP contribution in [-0.4, -0.2) is 58.8 Å². The molecule has 35 heavy (non-hydrogen) atoms. The third-order valence-corrected chi connectivity index (χ3v) is 8.70. The molecule has 0 bridgehead atoms. The van der Waals surface area contributed by atoms with Gasteiger partial charge in [-0.3, -0.25) is 9.59 Å². The lowest BCUT2D eigenvalue weighted by molar-refractivity contribution is -0.118. The van der Waals surface area contributed by atoms with E-state index in [0.717, 1.165) is 28.2 Å². The number of aromatic nitrogens is 3. The zero-order valence-electron chi connectivity index (χ0n) is 20.4. The molecule has 2 aromatic heterocycles. The number of carbonyl (C=O) groups is 2. The van der Waals surface area contributed by atoms with Gasteiger partial charge in [0.25, 0.3) is 5.91 Å². The molecule has 0 saturated carbocycles. The van der Waals surface area contributed by atoms with E-state index in [-0.39, 0.29) is 22.8 Å². The van der Waals surface area contributed by atoms with Gasteiger partial charge in [0.2, 0.25) is 15.9 Å². The summed E-state index contributed by atoms with van der Waals surface area (Å²) in [5.41, 5.74) is 10.1. The molecule has 4 rings (SSSR count). The maximum Gasteiger partial charge on any atom is 0.254 e. The Kier molecular flexibility index (Phi) is 6.65. The highest BCUT2D eigenvalue weighted by molar-refractivity contribution is 7.89. The molecule has 3 aromatic rings. The van der Waals surface area contributed by atoms with Crippen LogP contribution in [0.4, 0.5) is 5.69 Å². The largest absolute Gasteiger partial charge is 0.365 e. The Balaban J connectivity index is 1.53. The first-order valence-corrected chi connectivity index (χ1v) is 13.1. The fourth-order valence-corrected chi connectivity index (χ4v) is 6.23. The second-order valence-electron chi connectivity index (χ2n) is 8.59. The summed E-state index contributed by atoms with van der Waals surface area (Å²) in [6, 6.07) is 5.00. The Morgan fingerprint density at radius 3 is 2.54 bits per heavy atom. The zero-order valence-corrected chi connectivity index (χ0v) is 21.2. The third-order valence-electron chi connectivity index (χ3n) is 6.65. The van der Waals surface area contributed by atoms with Crippen LogP contribution < -0.4 is 10.6 Å². The minimum atomic E-state index is -3.55. The van der Waals surface area contributed by atoms with Gasteiger partial charge in [-0.2, -0.15) is 9.40 Å². The second kappa shape index (κ2) is 9.38. The minimum absolute atomic E-state index is 0.0414. The fraction of sp³-hybridized carbons (Fsp3) is 0.417. The molecule has 0 saturated heterocycles. The molecule has 3 heterocycles. The second-order valence-corrected chi connectivity index (χ2v) is 10.5. The van der Waals surface area contributed by atoms with Gasteiger partial charge in [0.05, 0.1) is 11.1 Å². The van der Waals surface area contributed by atoms with Gasteiger partial charge in [0.1, 0.15) is 5.56 Å². The summed E-state index contributed by atoms with van der Waals surface area (Å²) in [5, 5.41) is 4.23. The number of sulfonamides is 1. The van der Waals surface area contributed by atoms with E-state index in [2.05, 4.69) is 10.1 Å². The highest BCUT2D eigenvalue weighted by Crippen LogP contribution is 2.32. The maximum atomic E-state index is 13.1. The average molecular weight is 499 g/mol. The van der Waals surface area contributed by atoms with Crippen LogP contribution in [0.5, 0.6) is 0 Å². The van der Waals surface area contributed by atoms with E-state index >= 15 is 0 Å². The number of fused-ring (bicyclic) bond motifs is 2. The molecule has 0 fully saturated rings.